The largest absolute Gasteiger partial charge is 0.476 e. The van der Waals surface area contributed by atoms with Crippen molar-refractivity contribution in [3.8, 4) is 5.75 Å². The molecule has 4 aromatic carbocycles. The Kier molecular flexibility index (Phi) is 5.22. The number of sulfonamides is 1. The Hall–Kier alpha value is -3.84. The molecule has 4 aromatic rings. The van der Waals surface area contributed by atoms with E-state index in [-0.39, 0.29) is 18.2 Å². The number of carbonyl (C=O) groups is 1. The van der Waals surface area contributed by atoms with E-state index in [1.54, 1.807) is 36.4 Å². The van der Waals surface area contributed by atoms with Gasteiger partial charge < -0.3 is 10.1 Å². The molecule has 0 saturated carbocycles. The zero-order valence-corrected chi connectivity index (χ0v) is 19.8. The molecule has 0 spiro atoms. The van der Waals surface area contributed by atoms with Crippen LogP contribution in [0.1, 0.15) is 16.7 Å². The van der Waals surface area contributed by atoms with Gasteiger partial charge in [0.1, 0.15) is 5.75 Å². The summed E-state index contributed by atoms with van der Waals surface area (Å²) in [5.74, 6) is -0.167. The number of para-hydroxylation sites is 2. The van der Waals surface area contributed by atoms with Gasteiger partial charge in [-0.3, -0.25) is 9.10 Å². The Morgan fingerprint density at radius 3 is 2.46 bits per heavy atom. The number of aryl methyl sites for hydroxylation is 2. The molecule has 176 valence electrons. The van der Waals surface area contributed by atoms with E-state index in [2.05, 4.69) is 17.4 Å². The number of nitrogens with zero attached hydrogens (tertiary/aromatic N) is 1. The molecule has 1 amide bonds. The second-order valence-corrected chi connectivity index (χ2v) is 10.8. The molecule has 1 N–H and O–H groups in total. The van der Waals surface area contributed by atoms with Gasteiger partial charge in [0, 0.05) is 11.1 Å². The molecule has 0 aromatic heterocycles. The molecule has 0 saturated heterocycles. The number of carbonyl (C=O) groups excluding carboxylic acids is 1. The Labute approximate surface area is 204 Å². The minimum Gasteiger partial charge on any atom is -0.476 e. The van der Waals surface area contributed by atoms with Crippen LogP contribution in [0.15, 0.2) is 84.9 Å². The number of benzene rings is 4. The molecule has 6 nitrogen and oxygen atoms in total. The van der Waals surface area contributed by atoms with E-state index < -0.39 is 16.1 Å². The first-order valence-electron chi connectivity index (χ1n) is 11.6. The molecular weight excluding hydrogens is 460 g/mol. The number of hydrogen-bond donors (Lipinski definition) is 1. The summed E-state index contributed by atoms with van der Waals surface area (Å²) >= 11 is 0. The zero-order valence-electron chi connectivity index (χ0n) is 19.0. The molecule has 1 aliphatic carbocycles. The summed E-state index contributed by atoms with van der Waals surface area (Å²) in [5, 5.41) is 5.20. The van der Waals surface area contributed by atoms with Crippen LogP contribution in [0.25, 0.3) is 10.8 Å². The number of amides is 1. The molecule has 0 radical (unpaired) electrons. The summed E-state index contributed by atoms with van der Waals surface area (Å²) in [6.45, 7) is -0.0979. The summed E-state index contributed by atoms with van der Waals surface area (Å²) in [5.41, 5.74) is 4.41. The van der Waals surface area contributed by atoms with Gasteiger partial charge >= 0.3 is 0 Å². The van der Waals surface area contributed by atoms with Crippen LogP contribution in [-0.4, -0.2) is 27.0 Å². The van der Waals surface area contributed by atoms with Gasteiger partial charge in [0.05, 0.1) is 18.0 Å². The van der Waals surface area contributed by atoms with Gasteiger partial charge in [-0.1, -0.05) is 66.7 Å². The van der Waals surface area contributed by atoms with Gasteiger partial charge in [-0.2, -0.15) is 0 Å². The van der Waals surface area contributed by atoms with Gasteiger partial charge in [-0.25, -0.2) is 8.42 Å². The molecule has 35 heavy (non-hydrogen) atoms. The van der Waals surface area contributed by atoms with Crippen LogP contribution in [0.2, 0.25) is 0 Å². The minimum atomic E-state index is -3.75. The van der Waals surface area contributed by atoms with Crippen molar-refractivity contribution in [3.05, 3.63) is 102 Å². The van der Waals surface area contributed by atoms with Gasteiger partial charge in [-0.05, 0) is 53.1 Å². The summed E-state index contributed by atoms with van der Waals surface area (Å²) < 4.78 is 34.2. The van der Waals surface area contributed by atoms with Gasteiger partial charge in [0.15, 0.2) is 6.10 Å². The molecule has 1 aliphatic heterocycles. The predicted molar refractivity (Wildman–Crippen MR) is 137 cm³/mol. The maximum Gasteiger partial charge on any atom is 0.267 e. The zero-order chi connectivity index (χ0) is 24.0. The third-order valence-electron chi connectivity index (χ3n) is 6.69. The third-order valence-corrected chi connectivity index (χ3v) is 8.41. The van der Waals surface area contributed by atoms with Crippen molar-refractivity contribution in [1.29, 1.82) is 0 Å². The number of ether oxygens (including phenoxy) is 1. The van der Waals surface area contributed by atoms with Crippen LogP contribution in [-0.2, 0) is 33.4 Å². The lowest BCUT2D eigenvalue weighted by atomic mass is 10.0. The van der Waals surface area contributed by atoms with E-state index in [9.17, 15) is 13.2 Å². The van der Waals surface area contributed by atoms with Gasteiger partial charge in [0.25, 0.3) is 5.91 Å². The van der Waals surface area contributed by atoms with E-state index in [0.29, 0.717) is 22.7 Å². The molecule has 0 fully saturated rings. The summed E-state index contributed by atoms with van der Waals surface area (Å²) in [4.78, 5) is 13.4. The Balaban J connectivity index is 1.31. The van der Waals surface area contributed by atoms with E-state index in [1.165, 1.54) is 20.8 Å². The molecule has 1 atom stereocenters. The highest BCUT2D eigenvalue weighted by atomic mass is 32.2. The smallest absolute Gasteiger partial charge is 0.267 e. The number of anilines is 2. The monoisotopic (exact) mass is 484 g/mol. The summed E-state index contributed by atoms with van der Waals surface area (Å²) in [7, 11) is -3.75. The fraction of sp³-hybridized carbons (Fsp3) is 0.179. The van der Waals surface area contributed by atoms with Crippen LogP contribution in [0.3, 0.4) is 0 Å². The first-order valence-corrected chi connectivity index (χ1v) is 13.2. The molecular formula is C28H24N2O4S. The number of nitrogens with one attached hydrogen (secondary N) is 1. The second kappa shape index (κ2) is 8.43. The Morgan fingerprint density at radius 1 is 0.886 bits per heavy atom. The van der Waals surface area contributed by atoms with Crippen molar-refractivity contribution in [2.45, 2.75) is 24.7 Å². The van der Waals surface area contributed by atoms with E-state index in [1.807, 2.05) is 36.4 Å². The SMILES string of the molecule is O=C(Nc1ccc2c3c(cccc13)CC2)C1CN(S(=O)(=O)Cc2ccccc2)c2ccccc2O1. The van der Waals surface area contributed by atoms with Crippen molar-refractivity contribution < 1.29 is 17.9 Å². The normalized spacial score (nSPS) is 16.6. The fourth-order valence-electron chi connectivity index (χ4n) is 5.03. The summed E-state index contributed by atoms with van der Waals surface area (Å²) in [6, 6.07) is 26.1. The lowest BCUT2D eigenvalue weighted by molar-refractivity contribution is -0.122. The van der Waals surface area contributed by atoms with Crippen LogP contribution in [0.5, 0.6) is 5.75 Å². The van der Waals surface area contributed by atoms with Crippen molar-refractivity contribution in [1.82, 2.24) is 0 Å². The second-order valence-electron chi connectivity index (χ2n) is 8.95. The topological polar surface area (TPSA) is 75.7 Å². The van der Waals surface area contributed by atoms with Crippen LogP contribution in [0, 0.1) is 0 Å². The Bertz CT molecular complexity index is 1540. The molecule has 1 unspecified atom stereocenters. The van der Waals surface area contributed by atoms with Crippen molar-refractivity contribution in [2.24, 2.45) is 0 Å². The third kappa shape index (κ3) is 3.91. The molecule has 2 aliphatic rings. The van der Waals surface area contributed by atoms with E-state index >= 15 is 0 Å². The molecule has 1 heterocycles. The predicted octanol–water partition coefficient (Wildman–Crippen LogP) is 4.67. The first kappa shape index (κ1) is 21.7. The molecule has 7 heteroatoms. The lowest BCUT2D eigenvalue weighted by Gasteiger charge is -2.34. The van der Waals surface area contributed by atoms with Gasteiger partial charge in [0.2, 0.25) is 10.0 Å². The standard InChI is InChI=1S/C28H24N2O4S/c31-28(29-23-16-15-21-14-13-20-9-6-10-22(23)27(20)21)26-17-30(24-11-4-5-12-25(24)34-26)35(32,33)18-19-7-2-1-3-8-19/h1-12,15-16,26H,13-14,17-18H2,(H,29,31). The molecule has 0 bridgehead atoms. The Morgan fingerprint density at radius 2 is 1.63 bits per heavy atom. The van der Waals surface area contributed by atoms with Gasteiger partial charge in [-0.15, -0.1) is 0 Å². The van der Waals surface area contributed by atoms with Crippen molar-refractivity contribution in [3.63, 3.8) is 0 Å². The average Bonchev–Trinajstić information content (AvgIpc) is 3.30. The van der Waals surface area contributed by atoms with Crippen molar-refractivity contribution in [2.75, 3.05) is 16.2 Å². The minimum absolute atomic E-state index is 0.0979. The molecule has 6 rings (SSSR count). The number of fused-ring (bicyclic) bond motifs is 1. The van der Waals surface area contributed by atoms with Crippen molar-refractivity contribution >= 4 is 38.1 Å². The van der Waals surface area contributed by atoms with E-state index in [4.69, 9.17) is 4.74 Å². The fourth-order valence-corrected chi connectivity index (χ4v) is 6.62. The summed E-state index contributed by atoms with van der Waals surface area (Å²) in [6.07, 6.45) is 1.01. The quantitative estimate of drug-likeness (QED) is 0.447. The number of rotatable bonds is 5. The van der Waals surface area contributed by atoms with Crippen LogP contribution in [0.4, 0.5) is 11.4 Å². The van der Waals surface area contributed by atoms with E-state index in [0.717, 1.165) is 18.2 Å². The lowest BCUT2D eigenvalue weighted by Crippen LogP contribution is -2.49. The average molecular weight is 485 g/mol. The highest BCUT2D eigenvalue weighted by Gasteiger charge is 2.37. The number of hydrogen-bond acceptors (Lipinski definition) is 4. The van der Waals surface area contributed by atoms with Crippen LogP contribution < -0.4 is 14.4 Å². The maximum absolute atomic E-state index is 13.4. The first-order chi connectivity index (χ1) is 17.0. The highest BCUT2D eigenvalue weighted by molar-refractivity contribution is 7.92. The maximum atomic E-state index is 13.4. The highest BCUT2D eigenvalue weighted by Crippen LogP contribution is 2.37. The van der Waals surface area contributed by atoms with Crippen LogP contribution >= 0.6 is 0 Å².